The van der Waals surface area contributed by atoms with Crippen molar-refractivity contribution in [1.29, 1.82) is 0 Å². The number of hydrogen-bond acceptors (Lipinski definition) is 4. The van der Waals surface area contributed by atoms with E-state index in [1.54, 1.807) is 31.4 Å². The lowest BCUT2D eigenvalue weighted by atomic mass is 10.1. The number of aryl methyl sites for hydroxylation is 1. The fraction of sp³-hybridized carbons (Fsp3) is 0.278. The first-order valence-electron chi connectivity index (χ1n) is 7.53. The van der Waals surface area contributed by atoms with Gasteiger partial charge in [-0.15, -0.1) is 12.4 Å². The number of methoxy groups -OCH3 is 1. The minimum Gasteiger partial charge on any atom is -0.493 e. The van der Waals surface area contributed by atoms with E-state index in [9.17, 15) is 4.79 Å². The maximum atomic E-state index is 12.5. The van der Waals surface area contributed by atoms with Crippen LogP contribution in [-0.4, -0.2) is 19.1 Å². The molecule has 0 aliphatic heterocycles. The third kappa shape index (κ3) is 5.28. The van der Waals surface area contributed by atoms with Crippen LogP contribution in [-0.2, 0) is 0 Å². The number of hydrogen-bond donors (Lipinski definition) is 2. The first-order chi connectivity index (χ1) is 11.3. The number of anilines is 2. The van der Waals surface area contributed by atoms with Gasteiger partial charge in [0.05, 0.1) is 24.6 Å². The number of halogens is 2. The molecule has 7 heteroatoms. The van der Waals surface area contributed by atoms with Gasteiger partial charge in [0, 0.05) is 10.0 Å². The molecule has 2 aromatic rings. The quantitative estimate of drug-likeness (QED) is 0.669. The van der Waals surface area contributed by atoms with Crippen molar-refractivity contribution in [2.45, 2.75) is 26.9 Å². The van der Waals surface area contributed by atoms with Crippen LogP contribution in [0.3, 0.4) is 0 Å². The molecular formula is C18H22BrClN2O3. The van der Waals surface area contributed by atoms with Gasteiger partial charge in [0.25, 0.3) is 5.91 Å². The SMILES string of the molecule is COc1cc(C(=O)Nc2cc(Br)cc(C)c2N)ccc1OC(C)C.Cl. The molecule has 0 radical (unpaired) electrons. The molecule has 0 atom stereocenters. The van der Waals surface area contributed by atoms with E-state index in [1.165, 1.54) is 0 Å². The summed E-state index contributed by atoms with van der Waals surface area (Å²) in [6.07, 6.45) is 0.0167. The Morgan fingerprint density at radius 2 is 1.88 bits per heavy atom. The highest BCUT2D eigenvalue weighted by atomic mass is 79.9. The molecule has 0 heterocycles. The summed E-state index contributed by atoms with van der Waals surface area (Å²) in [5.41, 5.74) is 8.48. The average Bonchev–Trinajstić information content (AvgIpc) is 2.51. The fourth-order valence-electron chi connectivity index (χ4n) is 2.21. The molecule has 0 aliphatic carbocycles. The van der Waals surface area contributed by atoms with Crippen LogP contribution in [0.2, 0.25) is 0 Å². The molecular weight excluding hydrogens is 408 g/mol. The molecule has 25 heavy (non-hydrogen) atoms. The lowest BCUT2D eigenvalue weighted by Gasteiger charge is -2.15. The summed E-state index contributed by atoms with van der Waals surface area (Å²) in [6, 6.07) is 8.73. The first kappa shape index (κ1) is 21.1. The molecule has 1 amide bonds. The van der Waals surface area contributed by atoms with Crippen LogP contribution in [0.15, 0.2) is 34.8 Å². The van der Waals surface area contributed by atoms with E-state index in [4.69, 9.17) is 15.2 Å². The van der Waals surface area contributed by atoms with E-state index < -0.39 is 0 Å². The van der Waals surface area contributed by atoms with Gasteiger partial charge >= 0.3 is 0 Å². The van der Waals surface area contributed by atoms with Crippen LogP contribution >= 0.6 is 28.3 Å². The number of carbonyl (C=O) groups excluding carboxylic acids is 1. The van der Waals surface area contributed by atoms with Crippen LogP contribution in [0.1, 0.15) is 29.8 Å². The van der Waals surface area contributed by atoms with Crippen molar-refractivity contribution in [2.24, 2.45) is 0 Å². The molecule has 2 aromatic carbocycles. The Hall–Kier alpha value is -1.92. The Bertz CT molecular complexity index is 766. The lowest BCUT2D eigenvalue weighted by molar-refractivity contribution is 0.102. The number of benzene rings is 2. The van der Waals surface area contributed by atoms with E-state index in [0.29, 0.717) is 28.4 Å². The summed E-state index contributed by atoms with van der Waals surface area (Å²) in [5, 5.41) is 2.83. The topological polar surface area (TPSA) is 73.6 Å². The van der Waals surface area contributed by atoms with Crippen molar-refractivity contribution in [2.75, 3.05) is 18.2 Å². The number of rotatable bonds is 5. The van der Waals surface area contributed by atoms with Crippen molar-refractivity contribution in [3.05, 3.63) is 45.9 Å². The van der Waals surface area contributed by atoms with Crippen molar-refractivity contribution >= 4 is 45.6 Å². The summed E-state index contributed by atoms with van der Waals surface area (Å²) in [5.74, 6) is 0.838. The van der Waals surface area contributed by atoms with Crippen LogP contribution in [0.5, 0.6) is 11.5 Å². The van der Waals surface area contributed by atoms with Crippen molar-refractivity contribution < 1.29 is 14.3 Å². The maximum absolute atomic E-state index is 12.5. The summed E-state index contributed by atoms with van der Waals surface area (Å²) in [7, 11) is 1.54. The Balaban J connectivity index is 0.00000312. The Morgan fingerprint density at radius 1 is 1.20 bits per heavy atom. The summed E-state index contributed by atoms with van der Waals surface area (Å²) in [6.45, 7) is 5.74. The predicted octanol–water partition coefficient (Wildman–Crippen LogP) is 4.81. The van der Waals surface area contributed by atoms with Gasteiger partial charge in [0.2, 0.25) is 0 Å². The molecule has 5 nitrogen and oxygen atoms in total. The number of nitrogen functional groups attached to an aromatic ring is 1. The molecule has 136 valence electrons. The molecule has 2 rings (SSSR count). The minimum absolute atomic E-state index is 0. The number of ether oxygens (including phenoxy) is 2. The Kier molecular flexibility index (Phi) is 7.58. The van der Waals surface area contributed by atoms with Gasteiger partial charge in [0.1, 0.15) is 0 Å². The highest BCUT2D eigenvalue weighted by Crippen LogP contribution is 2.31. The number of nitrogens with two attached hydrogens (primary N) is 1. The van der Waals surface area contributed by atoms with E-state index in [1.807, 2.05) is 26.8 Å². The molecule has 0 spiro atoms. The van der Waals surface area contributed by atoms with Gasteiger partial charge < -0.3 is 20.5 Å². The maximum Gasteiger partial charge on any atom is 0.255 e. The third-order valence-corrected chi connectivity index (χ3v) is 3.85. The highest BCUT2D eigenvalue weighted by molar-refractivity contribution is 9.10. The van der Waals surface area contributed by atoms with Gasteiger partial charge in [-0.1, -0.05) is 15.9 Å². The van der Waals surface area contributed by atoms with Gasteiger partial charge in [-0.2, -0.15) is 0 Å². The molecule has 3 N–H and O–H groups in total. The summed E-state index contributed by atoms with van der Waals surface area (Å²) >= 11 is 3.41. The molecule has 0 saturated carbocycles. The zero-order valence-corrected chi connectivity index (χ0v) is 17.0. The largest absolute Gasteiger partial charge is 0.493 e. The Labute approximate surface area is 162 Å². The van der Waals surface area contributed by atoms with E-state index in [-0.39, 0.29) is 24.4 Å². The van der Waals surface area contributed by atoms with Crippen LogP contribution in [0.25, 0.3) is 0 Å². The standard InChI is InChI=1S/C18H21BrN2O3.ClH/c1-10(2)24-15-6-5-12(8-16(15)23-4)18(22)21-14-9-13(19)7-11(3)17(14)20;/h5-10H,20H2,1-4H3,(H,21,22);1H. The fourth-order valence-corrected chi connectivity index (χ4v) is 2.78. The van der Waals surface area contributed by atoms with Gasteiger partial charge in [0.15, 0.2) is 11.5 Å². The second-order valence-corrected chi connectivity index (χ2v) is 6.59. The second kappa shape index (κ2) is 8.97. The normalized spacial score (nSPS) is 10.2. The summed E-state index contributed by atoms with van der Waals surface area (Å²) in [4.78, 5) is 12.5. The zero-order valence-electron chi connectivity index (χ0n) is 14.6. The average molecular weight is 430 g/mol. The van der Waals surface area contributed by atoms with Crippen LogP contribution < -0.4 is 20.5 Å². The number of amides is 1. The molecule has 0 aliphatic rings. The first-order valence-corrected chi connectivity index (χ1v) is 8.32. The van der Waals surface area contributed by atoms with E-state index >= 15 is 0 Å². The zero-order chi connectivity index (χ0) is 17.9. The monoisotopic (exact) mass is 428 g/mol. The van der Waals surface area contributed by atoms with Crippen molar-refractivity contribution in [1.82, 2.24) is 0 Å². The van der Waals surface area contributed by atoms with Crippen LogP contribution in [0.4, 0.5) is 11.4 Å². The lowest BCUT2D eigenvalue weighted by Crippen LogP contribution is -2.14. The number of nitrogens with one attached hydrogen (secondary N) is 1. The minimum atomic E-state index is -0.270. The van der Waals surface area contributed by atoms with Gasteiger partial charge in [-0.25, -0.2) is 0 Å². The van der Waals surface area contributed by atoms with Crippen LogP contribution in [0, 0.1) is 6.92 Å². The predicted molar refractivity (Wildman–Crippen MR) is 107 cm³/mol. The van der Waals surface area contributed by atoms with E-state index in [2.05, 4.69) is 21.2 Å². The Morgan fingerprint density at radius 3 is 2.48 bits per heavy atom. The van der Waals surface area contributed by atoms with E-state index in [0.717, 1.165) is 10.0 Å². The van der Waals surface area contributed by atoms with Gasteiger partial charge in [-0.3, -0.25) is 4.79 Å². The molecule has 0 saturated heterocycles. The second-order valence-electron chi connectivity index (χ2n) is 5.67. The molecule has 0 fully saturated rings. The molecule has 0 unspecified atom stereocenters. The third-order valence-electron chi connectivity index (χ3n) is 3.39. The smallest absolute Gasteiger partial charge is 0.255 e. The highest BCUT2D eigenvalue weighted by Gasteiger charge is 2.14. The van der Waals surface area contributed by atoms with Crippen molar-refractivity contribution in [3.63, 3.8) is 0 Å². The number of carbonyl (C=O) groups is 1. The molecule has 0 aromatic heterocycles. The van der Waals surface area contributed by atoms with Gasteiger partial charge in [-0.05, 0) is 56.7 Å². The summed E-state index contributed by atoms with van der Waals surface area (Å²) < 4.78 is 11.8. The molecule has 0 bridgehead atoms. The van der Waals surface area contributed by atoms with Crippen molar-refractivity contribution in [3.8, 4) is 11.5 Å².